The molecule has 2 aromatic heterocycles. The van der Waals surface area contributed by atoms with E-state index in [1.54, 1.807) is 18.5 Å². The Hall–Kier alpha value is -2.13. The third-order valence-electron chi connectivity index (χ3n) is 3.92. The molecule has 1 amide bonds. The Morgan fingerprint density at radius 2 is 2.08 bits per heavy atom. The van der Waals surface area contributed by atoms with Crippen molar-refractivity contribution in [1.82, 2.24) is 24.9 Å². The Morgan fingerprint density at radius 3 is 2.58 bits per heavy atom. The summed E-state index contributed by atoms with van der Waals surface area (Å²) in [5.74, 6) is -0.510. The van der Waals surface area contributed by atoms with Gasteiger partial charge in [-0.15, -0.1) is 0 Å². The average molecular weight is 403 g/mol. The van der Waals surface area contributed by atoms with Gasteiger partial charge in [0.15, 0.2) is 6.04 Å². The molecule has 0 aliphatic carbocycles. The van der Waals surface area contributed by atoms with Crippen LogP contribution in [0.2, 0.25) is 10.2 Å². The fourth-order valence-electron chi connectivity index (χ4n) is 2.58. The molecule has 1 atom stereocenters. The maximum Gasteiger partial charge on any atom is 0.390 e. The number of carbonyl (C=O) groups excluding carboxylic acids is 1. The fourth-order valence-corrected chi connectivity index (χ4v) is 2.98. The van der Waals surface area contributed by atoms with Gasteiger partial charge >= 0.3 is 5.82 Å². The summed E-state index contributed by atoms with van der Waals surface area (Å²) >= 11 is 12.1. The van der Waals surface area contributed by atoms with E-state index in [-0.39, 0.29) is 11.7 Å². The molecule has 2 aromatic rings. The van der Waals surface area contributed by atoms with Crippen LogP contribution in [-0.4, -0.2) is 36.9 Å². The van der Waals surface area contributed by atoms with Gasteiger partial charge < -0.3 is 15.4 Å². The predicted octanol–water partition coefficient (Wildman–Crippen LogP) is 3.07. The van der Waals surface area contributed by atoms with E-state index in [0.29, 0.717) is 47.5 Å². The molecule has 0 bridgehead atoms. The summed E-state index contributed by atoms with van der Waals surface area (Å²) in [6.45, 7) is 6.19. The smallest absolute Gasteiger partial charge is 0.358 e. The highest BCUT2D eigenvalue weighted by atomic mass is 35.5. The second kappa shape index (κ2) is 8.50. The number of rotatable bonds is 8. The molecule has 2 heterocycles. The third kappa shape index (κ3) is 4.34. The molecule has 0 saturated carbocycles. The molecular formula is C15H20Cl2N6O3. The minimum absolute atomic E-state index is 0.241. The predicted molar refractivity (Wildman–Crippen MR) is 97.6 cm³/mol. The SMILES string of the molecule is CCC(C(=O)NCCCn1nc(C)c(Cl)c1Cl)n1nc([N+](=O)[O-])cc1C. The van der Waals surface area contributed by atoms with Gasteiger partial charge in [0.05, 0.1) is 22.6 Å². The van der Waals surface area contributed by atoms with Crippen molar-refractivity contribution >= 4 is 34.9 Å². The number of aromatic nitrogens is 4. The van der Waals surface area contributed by atoms with Crippen LogP contribution in [0.15, 0.2) is 6.07 Å². The summed E-state index contributed by atoms with van der Waals surface area (Å²) in [6.07, 6.45) is 1.07. The lowest BCUT2D eigenvalue weighted by Crippen LogP contribution is -2.34. The monoisotopic (exact) mass is 402 g/mol. The Morgan fingerprint density at radius 1 is 1.38 bits per heavy atom. The summed E-state index contributed by atoms with van der Waals surface area (Å²) in [7, 11) is 0. The Bertz CT molecular complexity index is 817. The molecule has 0 aliphatic rings. The molecule has 0 aromatic carbocycles. The lowest BCUT2D eigenvalue weighted by atomic mass is 10.2. The van der Waals surface area contributed by atoms with Gasteiger partial charge in [0.25, 0.3) is 0 Å². The molecule has 0 fully saturated rings. The minimum Gasteiger partial charge on any atom is -0.358 e. The first-order valence-corrected chi connectivity index (χ1v) is 8.88. The number of aryl methyl sites for hydroxylation is 3. The van der Waals surface area contributed by atoms with Crippen molar-refractivity contribution in [3.05, 3.63) is 37.7 Å². The van der Waals surface area contributed by atoms with Gasteiger partial charge in [-0.2, -0.15) is 9.78 Å². The topological polar surface area (TPSA) is 108 Å². The molecular weight excluding hydrogens is 383 g/mol. The van der Waals surface area contributed by atoms with Gasteiger partial charge in [0.2, 0.25) is 5.91 Å². The first kappa shape index (κ1) is 20.2. The molecule has 2 rings (SSSR count). The van der Waals surface area contributed by atoms with E-state index >= 15 is 0 Å². The van der Waals surface area contributed by atoms with Crippen molar-refractivity contribution in [3.8, 4) is 0 Å². The van der Waals surface area contributed by atoms with E-state index in [4.69, 9.17) is 23.2 Å². The van der Waals surface area contributed by atoms with Crippen LogP contribution in [0.1, 0.15) is 37.2 Å². The van der Waals surface area contributed by atoms with E-state index < -0.39 is 11.0 Å². The van der Waals surface area contributed by atoms with E-state index in [1.165, 1.54) is 10.7 Å². The van der Waals surface area contributed by atoms with Gasteiger partial charge in [-0.05, 0) is 31.6 Å². The fraction of sp³-hybridized carbons (Fsp3) is 0.533. The first-order chi connectivity index (χ1) is 12.3. The molecule has 142 valence electrons. The number of nitrogens with zero attached hydrogens (tertiary/aromatic N) is 5. The number of carbonyl (C=O) groups is 1. The Kier molecular flexibility index (Phi) is 6.60. The number of amides is 1. The lowest BCUT2D eigenvalue weighted by Gasteiger charge is -2.14. The zero-order chi connectivity index (χ0) is 19.4. The molecule has 0 spiro atoms. The third-order valence-corrected chi connectivity index (χ3v) is 4.86. The lowest BCUT2D eigenvalue weighted by molar-refractivity contribution is -0.389. The minimum atomic E-state index is -0.603. The van der Waals surface area contributed by atoms with Crippen molar-refractivity contribution in [2.45, 2.75) is 46.2 Å². The zero-order valence-electron chi connectivity index (χ0n) is 14.7. The maximum atomic E-state index is 12.4. The van der Waals surface area contributed by atoms with E-state index in [9.17, 15) is 14.9 Å². The second-order valence-corrected chi connectivity index (χ2v) is 6.56. The standard InChI is InChI=1S/C15H20Cl2N6O3/c1-4-11(22-9(2)8-12(20-22)23(25)26)15(24)18-6-5-7-21-14(17)13(16)10(3)19-21/h8,11H,4-7H2,1-3H3,(H,18,24). The molecule has 1 unspecified atom stereocenters. The number of halogens is 2. The van der Waals surface area contributed by atoms with Crippen LogP contribution in [-0.2, 0) is 11.3 Å². The quantitative estimate of drug-likeness (QED) is 0.414. The van der Waals surface area contributed by atoms with Crippen molar-refractivity contribution in [2.24, 2.45) is 0 Å². The highest BCUT2D eigenvalue weighted by molar-refractivity contribution is 6.41. The van der Waals surface area contributed by atoms with Crippen LogP contribution < -0.4 is 5.32 Å². The molecule has 0 aliphatic heterocycles. The second-order valence-electron chi connectivity index (χ2n) is 5.83. The molecule has 0 radical (unpaired) electrons. The molecule has 11 heteroatoms. The zero-order valence-corrected chi connectivity index (χ0v) is 16.2. The number of hydrogen-bond acceptors (Lipinski definition) is 5. The average Bonchev–Trinajstić information content (AvgIpc) is 3.08. The summed E-state index contributed by atoms with van der Waals surface area (Å²) in [6, 6.07) is 0.746. The van der Waals surface area contributed by atoms with E-state index in [0.717, 1.165) is 0 Å². The van der Waals surface area contributed by atoms with Crippen molar-refractivity contribution in [1.29, 1.82) is 0 Å². The van der Waals surface area contributed by atoms with Gasteiger partial charge in [-0.3, -0.25) is 9.48 Å². The first-order valence-electron chi connectivity index (χ1n) is 8.12. The van der Waals surface area contributed by atoms with Crippen LogP contribution in [0.25, 0.3) is 0 Å². The largest absolute Gasteiger partial charge is 0.390 e. The van der Waals surface area contributed by atoms with E-state index in [1.807, 2.05) is 6.92 Å². The Labute approximate surface area is 160 Å². The number of nitro groups is 1. The summed E-state index contributed by atoms with van der Waals surface area (Å²) < 4.78 is 2.98. The van der Waals surface area contributed by atoms with E-state index in [2.05, 4.69) is 15.5 Å². The molecule has 0 saturated heterocycles. The van der Waals surface area contributed by atoms with Crippen LogP contribution in [0.4, 0.5) is 5.82 Å². The van der Waals surface area contributed by atoms with Gasteiger partial charge in [0, 0.05) is 13.1 Å². The van der Waals surface area contributed by atoms with Gasteiger partial charge in [-0.1, -0.05) is 30.1 Å². The Balaban J connectivity index is 1.93. The van der Waals surface area contributed by atoms with Crippen LogP contribution in [0.5, 0.6) is 0 Å². The number of nitrogens with one attached hydrogen (secondary N) is 1. The summed E-state index contributed by atoms with van der Waals surface area (Å²) in [5.41, 5.74) is 1.22. The molecule has 26 heavy (non-hydrogen) atoms. The van der Waals surface area contributed by atoms with Gasteiger partial charge in [-0.25, -0.2) is 0 Å². The molecule has 1 N–H and O–H groups in total. The van der Waals surface area contributed by atoms with Crippen LogP contribution in [0.3, 0.4) is 0 Å². The maximum absolute atomic E-state index is 12.4. The normalized spacial score (nSPS) is 12.2. The van der Waals surface area contributed by atoms with Crippen LogP contribution in [0, 0.1) is 24.0 Å². The van der Waals surface area contributed by atoms with Gasteiger partial charge in [0.1, 0.15) is 10.2 Å². The summed E-state index contributed by atoms with van der Waals surface area (Å²) in [4.78, 5) is 22.7. The number of hydrogen-bond donors (Lipinski definition) is 1. The summed E-state index contributed by atoms with van der Waals surface area (Å²) in [5, 5.41) is 22.6. The van der Waals surface area contributed by atoms with Crippen molar-refractivity contribution in [2.75, 3.05) is 6.54 Å². The van der Waals surface area contributed by atoms with Crippen LogP contribution >= 0.6 is 23.2 Å². The van der Waals surface area contributed by atoms with Crippen molar-refractivity contribution in [3.63, 3.8) is 0 Å². The highest BCUT2D eigenvalue weighted by Gasteiger charge is 2.26. The molecule has 9 nitrogen and oxygen atoms in total. The van der Waals surface area contributed by atoms with Crippen molar-refractivity contribution < 1.29 is 9.72 Å². The highest BCUT2D eigenvalue weighted by Crippen LogP contribution is 2.25.